The molecule has 124 valence electrons. The zero-order valence-electron chi connectivity index (χ0n) is 13.1. The average molecular weight is 340 g/mol. The molecule has 21 heavy (non-hydrogen) atoms. The number of rotatable bonds is 7. The van der Waals surface area contributed by atoms with Crippen molar-refractivity contribution in [3.8, 4) is 0 Å². The summed E-state index contributed by atoms with van der Waals surface area (Å²) in [6, 6.07) is 0. The highest BCUT2D eigenvalue weighted by atomic mass is 35.5. The largest absolute Gasteiger partial charge is 0.353 e. The first kappa shape index (κ1) is 22.4. The van der Waals surface area contributed by atoms with Crippen LogP contribution in [-0.2, 0) is 11.3 Å². The van der Waals surface area contributed by atoms with Crippen molar-refractivity contribution in [2.24, 2.45) is 5.73 Å². The molecule has 8 heteroatoms. The van der Waals surface area contributed by atoms with Crippen LogP contribution in [0, 0.1) is 0 Å². The molecule has 0 aliphatic carbocycles. The minimum atomic E-state index is -0.789. The van der Waals surface area contributed by atoms with Crippen molar-refractivity contribution in [3.05, 3.63) is 12.2 Å². The maximum atomic E-state index is 11.9. The van der Waals surface area contributed by atoms with Crippen molar-refractivity contribution in [2.75, 3.05) is 6.54 Å². The van der Waals surface area contributed by atoms with Gasteiger partial charge < -0.3 is 15.6 Å². The van der Waals surface area contributed by atoms with Crippen LogP contribution in [0.4, 0.5) is 0 Å². The lowest BCUT2D eigenvalue weighted by molar-refractivity contribution is -0.126. The smallest absolute Gasteiger partial charge is 0.239 e. The highest BCUT2D eigenvalue weighted by Gasteiger charge is 2.26. The van der Waals surface area contributed by atoms with E-state index in [0.717, 1.165) is 12.2 Å². The molecular formula is C13H27Cl2N5O. The van der Waals surface area contributed by atoms with Gasteiger partial charge in [0, 0.05) is 19.0 Å². The molecule has 0 bridgehead atoms. The summed E-state index contributed by atoms with van der Waals surface area (Å²) < 4.78 is 1.96. The van der Waals surface area contributed by atoms with Gasteiger partial charge in [-0.05, 0) is 13.3 Å². The SMILES string of the molecule is CCCC(C)(N)C(=O)NCCn1cnnc1C(C)C.Cl.Cl. The van der Waals surface area contributed by atoms with E-state index >= 15 is 0 Å². The molecular weight excluding hydrogens is 313 g/mol. The van der Waals surface area contributed by atoms with Gasteiger partial charge in [-0.2, -0.15) is 0 Å². The van der Waals surface area contributed by atoms with Crippen LogP contribution in [0.15, 0.2) is 6.33 Å². The van der Waals surface area contributed by atoms with E-state index in [-0.39, 0.29) is 30.7 Å². The zero-order chi connectivity index (χ0) is 14.5. The Hall–Kier alpha value is -0.850. The summed E-state index contributed by atoms with van der Waals surface area (Å²) in [6.45, 7) is 9.12. The Morgan fingerprint density at radius 2 is 2.10 bits per heavy atom. The van der Waals surface area contributed by atoms with Crippen molar-refractivity contribution in [1.82, 2.24) is 20.1 Å². The second-order valence-corrected chi connectivity index (χ2v) is 5.46. The molecule has 6 nitrogen and oxygen atoms in total. The van der Waals surface area contributed by atoms with E-state index in [4.69, 9.17) is 5.73 Å². The first-order valence-electron chi connectivity index (χ1n) is 6.83. The number of amides is 1. The molecule has 1 aromatic heterocycles. The predicted octanol–water partition coefficient (Wildman–Crippen LogP) is 1.88. The van der Waals surface area contributed by atoms with Crippen LogP contribution in [-0.4, -0.2) is 32.8 Å². The fraction of sp³-hybridized carbons (Fsp3) is 0.769. The van der Waals surface area contributed by atoms with Gasteiger partial charge >= 0.3 is 0 Å². The van der Waals surface area contributed by atoms with Gasteiger partial charge in [-0.15, -0.1) is 35.0 Å². The summed E-state index contributed by atoms with van der Waals surface area (Å²) in [4.78, 5) is 11.9. The van der Waals surface area contributed by atoms with Crippen molar-refractivity contribution in [3.63, 3.8) is 0 Å². The summed E-state index contributed by atoms with van der Waals surface area (Å²) in [5, 5.41) is 10.8. The zero-order valence-corrected chi connectivity index (χ0v) is 14.8. The lowest BCUT2D eigenvalue weighted by Crippen LogP contribution is -2.52. The van der Waals surface area contributed by atoms with E-state index in [1.165, 1.54) is 0 Å². The normalized spacial score (nSPS) is 13.0. The van der Waals surface area contributed by atoms with Gasteiger partial charge in [-0.1, -0.05) is 27.2 Å². The molecule has 0 aromatic carbocycles. The molecule has 1 rings (SSSR count). The highest BCUT2D eigenvalue weighted by molar-refractivity contribution is 5.86. The highest BCUT2D eigenvalue weighted by Crippen LogP contribution is 2.10. The van der Waals surface area contributed by atoms with Gasteiger partial charge in [0.25, 0.3) is 0 Å². The van der Waals surface area contributed by atoms with Crippen LogP contribution in [0.1, 0.15) is 52.3 Å². The Bertz CT molecular complexity index is 420. The van der Waals surface area contributed by atoms with Crippen molar-refractivity contribution >= 4 is 30.7 Å². The Morgan fingerprint density at radius 3 is 2.62 bits per heavy atom. The number of nitrogens with one attached hydrogen (secondary N) is 1. The van der Waals surface area contributed by atoms with E-state index in [9.17, 15) is 4.79 Å². The Morgan fingerprint density at radius 1 is 1.48 bits per heavy atom. The molecule has 0 aliphatic heterocycles. The van der Waals surface area contributed by atoms with Crippen LogP contribution < -0.4 is 11.1 Å². The summed E-state index contributed by atoms with van der Waals surface area (Å²) in [7, 11) is 0. The first-order valence-corrected chi connectivity index (χ1v) is 6.83. The van der Waals surface area contributed by atoms with Crippen molar-refractivity contribution in [2.45, 2.75) is 58.5 Å². The molecule has 1 heterocycles. The fourth-order valence-electron chi connectivity index (χ4n) is 2.01. The van der Waals surface area contributed by atoms with E-state index in [0.29, 0.717) is 25.4 Å². The molecule has 0 spiro atoms. The van der Waals surface area contributed by atoms with E-state index < -0.39 is 5.54 Å². The van der Waals surface area contributed by atoms with Crippen LogP contribution in [0.25, 0.3) is 0 Å². The number of halogens is 2. The topological polar surface area (TPSA) is 85.8 Å². The summed E-state index contributed by atoms with van der Waals surface area (Å²) in [5.41, 5.74) is 5.18. The second-order valence-electron chi connectivity index (χ2n) is 5.46. The Kier molecular flexibility index (Phi) is 10.7. The molecule has 1 unspecified atom stereocenters. The molecule has 1 atom stereocenters. The summed E-state index contributed by atoms with van der Waals surface area (Å²) >= 11 is 0. The number of aromatic nitrogens is 3. The molecule has 1 aromatic rings. The number of carbonyl (C=O) groups excluding carboxylic acids is 1. The van der Waals surface area contributed by atoms with Gasteiger partial charge in [0.15, 0.2) is 0 Å². The quantitative estimate of drug-likeness (QED) is 0.794. The van der Waals surface area contributed by atoms with Gasteiger partial charge in [0.1, 0.15) is 12.2 Å². The fourth-order valence-corrected chi connectivity index (χ4v) is 2.01. The maximum absolute atomic E-state index is 11.9. The minimum Gasteiger partial charge on any atom is -0.353 e. The standard InChI is InChI=1S/C13H25N5O.2ClH/c1-5-6-13(4,14)12(19)15-7-8-18-9-16-17-11(18)10(2)3;;/h9-10H,5-8,14H2,1-4H3,(H,15,19);2*1H. The maximum Gasteiger partial charge on any atom is 0.239 e. The van der Waals surface area contributed by atoms with E-state index in [2.05, 4.69) is 29.4 Å². The number of nitrogens with zero attached hydrogens (tertiary/aromatic N) is 3. The lowest BCUT2D eigenvalue weighted by atomic mass is 9.97. The van der Waals surface area contributed by atoms with Crippen LogP contribution in [0.2, 0.25) is 0 Å². The minimum absolute atomic E-state index is 0. The van der Waals surface area contributed by atoms with Gasteiger partial charge in [-0.3, -0.25) is 4.79 Å². The molecule has 0 aliphatic rings. The molecule has 0 saturated carbocycles. The van der Waals surface area contributed by atoms with Crippen molar-refractivity contribution in [1.29, 1.82) is 0 Å². The summed E-state index contributed by atoms with van der Waals surface area (Å²) in [6.07, 6.45) is 3.27. The van der Waals surface area contributed by atoms with E-state index in [1.807, 2.05) is 11.5 Å². The Balaban J connectivity index is 0. The third kappa shape index (κ3) is 6.63. The third-order valence-corrected chi connectivity index (χ3v) is 3.09. The first-order chi connectivity index (χ1) is 8.88. The lowest BCUT2D eigenvalue weighted by Gasteiger charge is -2.23. The monoisotopic (exact) mass is 339 g/mol. The third-order valence-electron chi connectivity index (χ3n) is 3.09. The van der Waals surface area contributed by atoms with Gasteiger partial charge in [0.05, 0.1) is 5.54 Å². The summed E-state index contributed by atoms with van der Waals surface area (Å²) in [5.74, 6) is 1.14. The van der Waals surface area contributed by atoms with Crippen LogP contribution in [0.3, 0.4) is 0 Å². The van der Waals surface area contributed by atoms with E-state index in [1.54, 1.807) is 13.3 Å². The predicted molar refractivity (Wildman–Crippen MR) is 89.1 cm³/mol. The number of nitrogens with two attached hydrogens (primary N) is 1. The molecule has 3 N–H and O–H groups in total. The number of hydrogen-bond acceptors (Lipinski definition) is 4. The molecule has 0 fully saturated rings. The molecule has 0 saturated heterocycles. The molecule has 0 radical (unpaired) electrons. The van der Waals surface area contributed by atoms with Gasteiger partial charge in [0.2, 0.25) is 5.91 Å². The van der Waals surface area contributed by atoms with Crippen molar-refractivity contribution < 1.29 is 4.79 Å². The number of carbonyl (C=O) groups is 1. The molecule has 1 amide bonds. The van der Waals surface area contributed by atoms with Crippen LogP contribution in [0.5, 0.6) is 0 Å². The Labute approximate surface area is 139 Å². The second kappa shape index (κ2) is 9.97. The average Bonchev–Trinajstić information content (AvgIpc) is 2.77. The van der Waals surface area contributed by atoms with Crippen LogP contribution >= 0.6 is 24.8 Å². The number of hydrogen-bond donors (Lipinski definition) is 2. The van der Waals surface area contributed by atoms with Gasteiger partial charge in [-0.25, -0.2) is 0 Å².